The van der Waals surface area contributed by atoms with Crippen molar-refractivity contribution in [2.75, 3.05) is 19.6 Å². The van der Waals surface area contributed by atoms with E-state index >= 15 is 0 Å². The highest BCUT2D eigenvalue weighted by molar-refractivity contribution is 6.45. The summed E-state index contributed by atoms with van der Waals surface area (Å²) in [7, 11) is 0.0592. The zero-order valence-electron chi connectivity index (χ0n) is 11.5. The molecule has 0 N–H and O–H groups in total. The summed E-state index contributed by atoms with van der Waals surface area (Å²) in [4.78, 5) is 2.68. The van der Waals surface area contributed by atoms with E-state index in [1.54, 1.807) is 10.8 Å². The molecule has 0 radical (unpaired) electrons. The fourth-order valence-corrected chi connectivity index (χ4v) is 4.77. The highest BCUT2D eigenvalue weighted by Crippen LogP contribution is 2.13. The van der Waals surface area contributed by atoms with Gasteiger partial charge in [0, 0.05) is 0 Å². The number of likely N-dealkylation sites (tertiary alicyclic amines) is 1. The Morgan fingerprint density at radius 2 is 1.69 bits per heavy atom. The number of piperidine rings is 1. The summed E-state index contributed by atoms with van der Waals surface area (Å²) in [5.41, 5.74) is 1.74. The second-order valence-electron chi connectivity index (χ2n) is 5.10. The Morgan fingerprint density at radius 1 is 1.06 bits per heavy atom. The van der Waals surface area contributed by atoms with Crippen molar-refractivity contribution in [1.82, 2.24) is 4.90 Å². The number of hydrogen-bond acceptors (Lipinski definition) is 1. The number of allylic oxidation sites excluding steroid dienone is 2. The monoisotopic (exact) mass is 239 g/mol. The molecular formula is C14H29NSi. The molecule has 1 heterocycles. The van der Waals surface area contributed by atoms with E-state index in [0.29, 0.717) is 0 Å². The van der Waals surface area contributed by atoms with Gasteiger partial charge in [-0.25, -0.2) is 0 Å². The van der Waals surface area contributed by atoms with Crippen LogP contribution in [0.5, 0.6) is 0 Å². The maximum Gasteiger partial charge on any atom is 0.0504 e. The summed E-state index contributed by atoms with van der Waals surface area (Å²) in [6.45, 7) is 11.1. The molecule has 0 aromatic carbocycles. The average Bonchev–Trinajstić information content (AvgIpc) is 2.32. The largest absolute Gasteiger partial charge is 0.304 e. The quantitative estimate of drug-likeness (QED) is 0.644. The molecule has 0 saturated carbocycles. The van der Waals surface area contributed by atoms with Crippen LogP contribution >= 0.6 is 0 Å². The minimum atomic E-state index is 0.0592. The van der Waals surface area contributed by atoms with Gasteiger partial charge in [-0.1, -0.05) is 31.0 Å². The highest BCUT2D eigenvalue weighted by Gasteiger charge is 2.09. The molecule has 0 aromatic rings. The molecule has 0 unspecified atom stereocenters. The molecule has 1 nitrogen and oxygen atoms in total. The van der Waals surface area contributed by atoms with Gasteiger partial charge in [0.2, 0.25) is 0 Å². The zero-order chi connectivity index (χ0) is 11.8. The molecule has 0 aliphatic carbocycles. The van der Waals surface area contributed by atoms with Crippen molar-refractivity contribution in [3.8, 4) is 0 Å². The van der Waals surface area contributed by atoms with E-state index in [9.17, 15) is 0 Å². The van der Waals surface area contributed by atoms with Crippen LogP contribution in [0.3, 0.4) is 0 Å². The molecule has 1 fully saturated rings. The first-order valence-corrected chi connectivity index (χ1v) is 8.88. The molecule has 1 aliphatic rings. The lowest BCUT2D eigenvalue weighted by atomic mass is 10.1. The van der Waals surface area contributed by atoms with Crippen molar-refractivity contribution in [2.45, 2.75) is 58.9 Å². The Bertz CT molecular complexity index is 211. The smallest absolute Gasteiger partial charge is 0.0504 e. The van der Waals surface area contributed by atoms with Crippen LogP contribution < -0.4 is 0 Å². The number of nitrogens with zero attached hydrogens (tertiary/aromatic N) is 1. The van der Waals surface area contributed by atoms with Crippen molar-refractivity contribution in [2.24, 2.45) is 0 Å². The van der Waals surface area contributed by atoms with Crippen LogP contribution in [-0.2, 0) is 0 Å². The normalized spacial score (nSPS) is 18.2. The van der Waals surface area contributed by atoms with Gasteiger partial charge in [0.25, 0.3) is 0 Å². The van der Waals surface area contributed by atoms with Crippen molar-refractivity contribution in [3.63, 3.8) is 0 Å². The molecule has 94 valence electrons. The Hall–Kier alpha value is -0.0831. The van der Waals surface area contributed by atoms with Gasteiger partial charge >= 0.3 is 0 Å². The molecule has 1 aliphatic heterocycles. The summed E-state index contributed by atoms with van der Waals surface area (Å²) in [5.74, 6) is 0. The summed E-state index contributed by atoms with van der Waals surface area (Å²) in [5, 5.41) is 1.79. The first-order valence-electron chi connectivity index (χ1n) is 7.17. The second kappa shape index (κ2) is 8.07. The van der Waals surface area contributed by atoms with Gasteiger partial charge in [-0.15, -0.1) is 0 Å². The molecule has 1 saturated heterocycles. The molecular weight excluding hydrogens is 210 g/mol. The van der Waals surface area contributed by atoms with Gasteiger partial charge in [-0.05, 0) is 58.3 Å². The molecule has 2 heteroatoms. The number of hydrogen-bond donors (Lipinski definition) is 0. The number of rotatable bonds is 6. The minimum absolute atomic E-state index is 0.0592. The van der Waals surface area contributed by atoms with Crippen LogP contribution in [0.15, 0.2) is 10.8 Å². The van der Waals surface area contributed by atoms with Crippen molar-refractivity contribution in [3.05, 3.63) is 10.8 Å². The SMILES string of the molecule is CCC(CC)=C(C)[SiH2]CCN1CCCCC1. The first-order chi connectivity index (χ1) is 7.77. The Labute approximate surface area is 104 Å². The molecule has 16 heavy (non-hydrogen) atoms. The predicted molar refractivity (Wildman–Crippen MR) is 76.9 cm³/mol. The van der Waals surface area contributed by atoms with E-state index in [-0.39, 0.29) is 9.52 Å². The van der Waals surface area contributed by atoms with E-state index < -0.39 is 0 Å². The standard InChI is InChI=1S/C14H29NSi/c1-4-14(5-2)13(3)16-12-11-15-9-7-6-8-10-15/h4-12,16H2,1-3H3. The third-order valence-electron chi connectivity index (χ3n) is 3.93. The van der Waals surface area contributed by atoms with E-state index in [2.05, 4.69) is 25.7 Å². The van der Waals surface area contributed by atoms with E-state index in [4.69, 9.17) is 0 Å². The summed E-state index contributed by atoms with van der Waals surface area (Å²) < 4.78 is 0. The lowest BCUT2D eigenvalue weighted by Crippen LogP contribution is -2.31. The summed E-state index contributed by atoms with van der Waals surface area (Å²) >= 11 is 0. The first kappa shape index (κ1) is 14.0. The second-order valence-corrected chi connectivity index (χ2v) is 7.36. The molecule has 0 atom stereocenters. The lowest BCUT2D eigenvalue weighted by Gasteiger charge is -2.26. The van der Waals surface area contributed by atoms with Crippen molar-refractivity contribution >= 4 is 9.52 Å². The van der Waals surface area contributed by atoms with Crippen LogP contribution in [0.25, 0.3) is 0 Å². The maximum atomic E-state index is 2.68. The fourth-order valence-electron chi connectivity index (χ4n) is 2.78. The zero-order valence-corrected chi connectivity index (χ0v) is 12.9. The van der Waals surface area contributed by atoms with Gasteiger partial charge < -0.3 is 4.90 Å². The average molecular weight is 239 g/mol. The van der Waals surface area contributed by atoms with Crippen LogP contribution in [-0.4, -0.2) is 34.1 Å². The van der Waals surface area contributed by atoms with Crippen LogP contribution in [0.1, 0.15) is 52.9 Å². The van der Waals surface area contributed by atoms with Gasteiger partial charge in [-0.3, -0.25) is 0 Å². The topological polar surface area (TPSA) is 3.24 Å². The Morgan fingerprint density at radius 3 is 2.25 bits per heavy atom. The molecule has 1 rings (SSSR count). The Kier molecular flexibility index (Phi) is 7.05. The van der Waals surface area contributed by atoms with Gasteiger partial charge in [0.15, 0.2) is 0 Å². The Balaban J connectivity index is 2.20. The maximum absolute atomic E-state index is 2.68. The van der Waals surface area contributed by atoms with Gasteiger partial charge in [-0.2, -0.15) is 0 Å². The third kappa shape index (κ3) is 4.83. The van der Waals surface area contributed by atoms with Gasteiger partial charge in [0.05, 0.1) is 9.52 Å². The third-order valence-corrected chi connectivity index (χ3v) is 5.85. The summed E-state index contributed by atoms with van der Waals surface area (Å²) in [6, 6.07) is 1.50. The van der Waals surface area contributed by atoms with E-state index in [1.165, 1.54) is 57.8 Å². The predicted octanol–water partition coefficient (Wildman–Crippen LogP) is 3.15. The van der Waals surface area contributed by atoms with E-state index in [1.807, 2.05) is 0 Å². The molecule has 0 spiro atoms. The molecule has 0 amide bonds. The fraction of sp³-hybridized carbons (Fsp3) is 0.857. The van der Waals surface area contributed by atoms with Crippen LogP contribution in [0.2, 0.25) is 6.04 Å². The van der Waals surface area contributed by atoms with Gasteiger partial charge in [0.1, 0.15) is 0 Å². The van der Waals surface area contributed by atoms with Crippen molar-refractivity contribution < 1.29 is 0 Å². The minimum Gasteiger partial charge on any atom is -0.304 e. The lowest BCUT2D eigenvalue weighted by molar-refractivity contribution is 0.240. The highest BCUT2D eigenvalue weighted by atomic mass is 28.2. The van der Waals surface area contributed by atoms with E-state index in [0.717, 1.165) is 0 Å². The van der Waals surface area contributed by atoms with Crippen LogP contribution in [0.4, 0.5) is 0 Å². The summed E-state index contributed by atoms with van der Waals surface area (Å²) in [6.07, 6.45) is 6.89. The molecule has 0 aromatic heterocycles. The van der Waals surface area contributed by atoms with Crippen molar-refractivity contribution in [1.29, 1.82) is 0 Å². The van der Waals surface area contributed by atoms with Crippen LogP contribution in [0, 0.1) is 0 Å². The molecule has 0 bridgehead atoms.